The van der Waals surface area contributed by atoms with Gasteiger partial charge in [-0.05, 0) is 17.7 Å². The first-order valence-corrected chi connectivity index (χ1v) is 6.70. The van der Waals surface area contributed by atoms with Gasteiger partial charge in [0.1, 0.15) is 5.75 Å². The van der Waals surface area contributed by atoms with Crippen LogP contribution < -0.4 is 10.5 Å². The molecule has 1 heterocycles. The number of amides is 2. The number of methoxy groups -OCH3 is 1. The first kappa shape index (κ1) is 14.5. The minimum atomic E-state index is -0.383. The second-order valence-corrected chi connectivity index (χ2v) is 5.24. The summed E-state index contributed by atoms with van der Waals surface area (Å²) >= 11 is 0. The van der Waals surface area contributed by atoms with Crippen molar-refractivity contribution in [3.63, 3.8) is 0 Å². The van der Waals surface area contributed by atoms with Crippen molar-refractivity contribution in [3.05, 3.63) is 29.8 Å². The van der Waals surface area contributed by atoms with Gasteiger partial charge in [-0.1, -0.05) is 26.0 Å². The highest BCUT2D eigenvalue weighted by atomic mass is 16.5. The standard InChI is InChI=1S/C15H20N2O3/c1-9-10(2)15(19)17(14(9)18)8-13(16)11-4-6-12(20-3)7-5-11/h4-7,9-10,13H,8,16H2,1-3H3. The summed E-state index contributed by atoms with van der Waals surface area (Å²) in [5.41, 5.74) is 6.97. The van der Waals surface area contributed by atoms with Crippen LogP contribution in [0.25, 0.3) is 0 Å². The van der Waals surface area contributed by atoms with Gasteiger partial charge in [-0.3, -0.25) is 14.5 Å². The van der Waals surface area contributed by atoms with Crippen LogP contribution in [0.2, 0.25) is 0 Å². The Morgan fingerprint density at radius 3 is 2.10 bits per heavy atom. The van der Waals surface area contributed by atoms with E-state index in [0.717, 1.165) is 11.3 Å². The average molecular weight is 276 g/mol. The van der Waals surface area contributed by atoms with Gasteiger partial charge >= 0.3 is 0 Å². The van der Waals surface area contributed by atoms with E-state index >= 15 is 0 Å². The summed E-state index contributed by atoms with van der Waals surface area (Å²) in [5, 5.41) is 0. The molecule has 5 nitrogen and oxygen atoms in total. The lowest BCUT2D eigenvalue weighted by Crippen LogP contribution is -2.37. The molecule has 2 amide bonds. The molecule has 0 bridgehead atoms. The molecule has 1 aliphatic rings. The Morgan fingerprint density at radius 1 is 1.15 bits per heavy atom. The van der Waals surface area contributed by atoms with E-state index in [1.54, 1.807) is 21.0 Å². The van der Waals surface area contributed by atoms with Gasteiger partial charge in [0.25, 0.3) is 0 Å². The van der Waals surface area contributed by atoms with Crippen LogP contribution in [-0.4, -0.2) is 30.4 Å². The average Bonchev–Trinajstić information content (AvgIpc) is 2.65. The number of carbonyl (C=O) groups excluding carboxylic acids is 2. The van der Waals surface area contributed by atoms with Crippen LogP contribution in [0.15, 0.2) is 24.3 Å². The number of imide groups is 1. The molecule has 1 aromatic rings. The Morgan fingerprint density at radius 2 is 1.65 bits per heavy atom. The maximum atomic E-state index is 12.0. The van der Waals surface area contributed by atoms with Crippen LogP contribution in [0, 0.1) is 11.8 Å². The molecule has 0 aromatic heterocycles. The summed E-state index contributed by atoms with van der Waals surface area (Å²) in [5.74, 6) is -0.0365. The zero-order valence-electron chi connectivity index (χ0n) is 12.0. The predicted octanol–water partition coefficient (Wildman–Crippen LogP) is 1.34. The van der Waals surface area contributed by atoms with Crippen molar-refractivity contribution in [1.82, 2.24) is 4.90 Å². The van der Waals surface area contributed by atoms with Gasteiger partial charge in [-0.15, -0.1) is 0 Å². The van der Waals surface area contributed by atoms with Crippen LogP contribution in [0.5, 0.6) is 5.75 Å². The van der Waals surface area contributed by atoms with Crippen molar-refractivity contribution in [3.8, 4) is 5.75 Å². The smallest absolute Gasteiger partial charge is 0.232 e. The Bertz CT molecular complexity index is 492. The van der Waals surface area contributed by atoms with E-state index in [1.165, 1.54) is 4.90 Å². The third-order valence-corrected chi connectivity index (χ3v) is 3.98. The molecule has 3 atom stereocenters. The van der Waals surface area contributed by atoms with Crippen molar-refractivity contribution >= 4 is 11.8 Å². The largest absolute Gasteiger partial charge is 0.497 e. The number of likely N-dealkylation sites (tertiary alicyclic amines) is 1. The quantitative estimate of drug-likeness (QED) is 0.842. The van der Waals surface area contributed by atoms with Crippen molar-refractivity contribution in [2.75, 3.05) is 13.7 Å². The summed E-state index contributed by atoms with van der Waals surface area (Å²) in [6.45, 7) is 3.78. The molecule has 0 aliphatic carbocycles. The van der Waals surface area contributed by atoms with Crippen LogP contribution in [-0.2, 0) is 9.59 Å². The summed E-state index contributed by atoms with van der Waals surface area (Å²) in [6.07, 6.45) is 0. The SMILES string of the molecule is COc1ccc(C(N)CN2C(=O)C(C)C(C)C2=O)cc1. The minimum absolute atomic E-state index is 0.133. The molecule has 0 radical (unpaired) electrons. The zero-order valence-corrected chi connectivity index (χ0v) is 12.0. The maximum absolute atomic E-state index is 12.0. The monoisotopic (exact) mass is 276 g/mol. The van der Waals surface area contributed by atoms with E-state index < -0.39 is 0 Å². The number of hydrogen-bond donors (Lipinski definition) is 1. The normalized spacial score (nSPS) is 24.1. The molecular formula is C15H20N2O3. The number of carbonyl (C=O) groups is 2. The summed E-state index contributed by atoms with van der Waals surface area (Å²) in [4.78, 5) is 25.3. The zero-order chi connectivity index (χ0) is 14.9. The number of rotatable bonds is 4. The lowest BCUT2D eigenvalue weighted by atomic mass is 10.00. The van der Waals surface area contributed by atoms with Crippen molar-refractivity contribution < 1.29 is 14.3 Å². The molecule has 2 rings (SSSR count). The Balaban J connectivity index is 2.09. The molecule has 1 aromatic carbocycles. The lowest BCUT2D eigenvalue weighted by molar-refractivity contribution is -0.140. The number of hydrogen-bond acceptors (Lipinski definition) is 4. The van der Waals surface area contributed by atoms with E-state index in [-0.39, 0.29) is 36.2 Å². The van der Waals surface area contributed by atoms with Crippen molar-refractivity contribution in [1.29, 1.82) is 0 Å². The van der Waals surface area contributed by atoms with Gasteiger partial charge in [0, 0.05) is 24.4 Å². The fourth-order valence-electron chi connectivity index (χ4n) is 2.36. The molecule has 0 spiro atoms. The Labute approximate surface area is 118 Å². The van der Waals surface area contributed by atoms with Gasteiger partial charge in [0.2, 0.25) is 11.8 Å². The molecular weight excluding hydrogens is 256 g/mol. The first-order chi connectivity index (χ1) is 9.45. The molecule has 3 unspecified atom stereocenters. The predicted molar refractivity (Wildman–Crippen MR) is 75.0 cm³/mol. The van der Waals surface area contributed by atoms with Crippen LogP contribution in [0.4, 0.5) is 0 Å². The summed E-state index contributed by atoms with van der Waals surface area (Å²) < 4.78 is 5.09. The molecule has 108 valence electrons. The lowest BCUT2D eigenvalue weighted by Gasteiger charge is -2.20. The molecule has 1 saturated heterocycles. The molecule has 1 fully saturated rings. The highest BCUT2D eigenvalue weighted by Crippen LogP contribution is 2.27. The molecule has 20 heavy (non-hydrogen) atoms. The topological polar surface area (TPSA) is 72.6 Å². The highest BCUT2D eigenvalue weighted by molar-refractivity contribution is 6.04. The van der Waals surface area contributed by atoms with Crippen LogP contribution >= 0.6 is 0 Å². The number of nitrogens with zero attached hydrogens (tertiary/aromatic N) is 1. The van der Waals surface area contributed by atoms with E-state index in [1.807, 2.05) is 24.3 Å². The third-order valence-electron chi connectivity index (χ3n) is 3.98. The minimum Gasteiger partial charge on any atom is -0.497 e. The van der Waals surface area contributed by atoms with Crippen LogP contribution in [0.3, 0.4) is 0 Å². The number of ether oxygens (including phenoxy) is 1. The molecule has 2 N–H and O–H groups in total. The van der Waals surface area contributed by atoms with Gasteiger partial charge in [0.05, 0.1) is 7.11 Å². The van der Waals surface area contributed by atoms with E-state index in [0.29, 0.717) is 0 Å². The van der Waals surface area contributed by atoms with Gasteiger partial charge in [-0.25, -0.2) is 0 Å². The van der Waals surface area contributed by atoms with Crippen LogP contribution in [0.1, 0.15) is 25.5 Å². The van der Waals surface area contributed by atoms with E-state index in [2.05, 4.69) is 0 Å². The van der Waals surface area contributed by atoms with Gasteiger partial charge in [0.15, 0.2) is 0 Å². The van der Waals surface area contributed by atoms with Gasteiger partial charge in [-0.2, -0.15) is 0 Å². The Kier molecular flexibility index (Phi) is 4.09. The van der Waals surface area contributed by atoms with Gasteiger partial charge < -0.3 is 10.5 Å². The fraction of sp³-hybridized carbons (Fsp3) is 0.467. The highest BCUT2D eigenvalue weighted by Gasteiger charge is 2.42. The number of benzene rings is 1. The van der Waals surface area contributed by atoms with Crippen molar-refractivity contribution in [2.45, 2.75) is 19.9 Å². The summed E-state index contributed by atoms with van der Waals surface area (Å²) in [7, 11) is 1.60. The first-order valence-electron chi connectivity index (χ1n) is 6.70. The molecule has 0 saturated carbocycles. The maximum Gasteiger partial charge on any atom is 0.232 e. The Hall–Kier alpha value is -1.88. The van der Waals surface area contributed by atoms with E-state index in [9.17, 15) is 9.59 Å². The third kappa shape index (κ3) is 2.54. The second kappa shape index (κ2) is 5.63. The molecule has 5 heteroatoms. The van der Waals surface area contributed by atoms with E-state index in [4.69, 9.17) is 10.5 Å². The second-order valence-electron chi connectivity index (χ2n) is 5.24. The van der Waals surface area contributed by atoms with Crippen molar-refractivity contribution in [2.24, 2.45) is 17.6 Å². The summed E-state index contributed by atoms with van der Waals surface area (Å²) in [6, 6.07) is 6.94. The molecule has 1 aliphatic heterocycles. The number of nitrogens with two attached hydrogens (primary N) is 1. The fourth-order valence-corrected chi connectivity index (χ4v) is 2.36.